The molecule has 0 saturated carbocycles. The third-order valence-electron chi connectivity index (χ3n) is 3.07. The highest BCUT2D eigenvalue weighted by atomic mass is 17.2. The number of unbranched alkanes of at least 4 members (excludes halogenated alkanes) is 9. The number of hydrogen-bond acceptors (Lipinski definition) is 3. The summed E-state index contributed by atoms with van der Waals surface area (Å²) in [5.41, 5.74) is 5.03. The molecule has 0 fully saturated rings. The van der Waals surface area contributed by atoms with E-state index in [9.17, 15) is 0 Å². The lowest BCUT2D eigenvalue weighted by Crippen LogP contribution is -1.95. The van der Waals surface area contributed by atoms with Gasteiger partial charge in [0, 0.05) is 0 Å². The van der Waals surface area contributed by atoms with Crippen LogP contribution in [0, 0.1) is 0 Å². The Hall–Kier alpha value is -0.120. The third-order valence-corrected chi connectivity index (χ3v) is 3.07. The summed E-state index contributed by atoms with van der Waals surface area (Å²) >= 11 is 0. The molecule has 20 heavy (non-hydrogen) atoms. The predicted octanol–water partition coefficient (Wildman–Crippen LogP) is 5.23. The molecule has 0 aromatic heterocycles. The van der Waals surface area contributed by atoms with Crippen LogP contribution in [0.4, 0.5) is 0 Å². The van der Waals surface area contributed by atoms with E-state index in [1.54, 1.807) is 0 Å². The molecule has 0 spiro atoms. The highest BCUT2D eigenvalue weighted by Crippen LogP contribution is 2.10. The van der Waals surface area contributed by atoms with Crippen molar-refractivity contribution >= 4 is 0 Å². The average molecular weight is 290 g/mol. The van der Waals surface area contributed by atoms with Gasteiger partial charge in [-0.05, 0) is 26.3 Å². The maximum Gasteiger partial charge on any atom is 0.0822 e. The van der Waals surface area contributed by atoms with Crippen LogP contribution >= 0.6 is 0 Å². The number of rotatable bonds is 14. The molecule has 0 atom stereocenters. The normalized spacial score (nSPS) is 10.2. The Balaban J connectivity index is 0. The summed E-state index contributed by atoms with van der Waals surface area (Å²) in [4.78, 5) is 9.77. The molecule has 0 heterocycles. The van der Waals surface area contributed by atoms with Crippen molar-refractivity contribution < 1.29 is 9.78 Å². The fourth-order valence-corrected chi connectivity index (χ4v) is 1.79. The Kier molecular flexibility index (Phi) is 26.5. The molecule has 0 aliphatic rings. The zero-order valence-corrected chi connectivity index (χ0v) is 14.3. The van der Waals surface area contributed by atoms with Gasteiger partial charge in [-0.2, -0.15) is 0 Å². The summed E-state index contributed by atoms with van der Waals surface area (Å²) in [6.07, 6.45) is 14.7. The van der Waals surface area contributed by atoms with Crippen LogP contribution in [0.15, 0.2) is 0 Å². The molecule has 0 aliphatic heterocycles. The third kappa shape index (κ3) is 26.4. The minimum absolute atomic E-state index is 0.651. The lowest BCUT2D eigenvalue weighted by molar-refractivity contribution is -0.291. The van der Waals surface area contributed by atoms with E-state index < -0.39 is 0 Å². The fourth-order valence-electron chi connectivity index (χ4n) is 1.79. The van der Waals surface area contributed by atoms with Gasteiger partial charge in [0.15, 0.2) is 0 Å². The van der Waals surface area contributed by atoms with Crippen LogP contribution in [0.3, 0.4) is 0 Å². The lowest BCUT2D eigenvalue weighted by atomic mass is 10.1. The minimum atomic E-state index is 0.651. The van der Waals surface area contributed by atoms with Crippen molar-refractivity contribution in [2.75, 3.05) is 19.8 Å². The summed E-state index contributed by atoms with van der Waals surface area (Å²) in [5.74, 6) is 0. The zero-order valence-electron chi connectivity index (χ0n) is 14.3. The Morgan fingerprint density at radius 2 is 1.05 bits per heavy atom. The van der Waals surface area contributed by atoms with Gasteiger partial charge < -0.3 is 5.73 Å². The van der Waals surface area contributed by atoms with Crippen molar-refractivity contribution in [3.05, 3.63) is 0 Å². The quantitative estimate of drug-likeness (QED) is 0.270. The summed E-state index contributed by atoms with van der Waals surface area (Å²) < 4.78 is 0. The number of nitrogens with two attached hydrogens (primary N) is 1. The molecular formula is C17H39NO2. The summed E-state index contributed by atoms with van der Waals surface area (Å²) in [7, 11) is 0. The van der Waals surface area contributed by atoms with E-state index in [1.807, 2.05) is 6.92 Å². The van der Waals surface area contributed by atoms with Crippen molar-refractivity contribution in [3.63, 3.8) is 0 Å². The molecule has 0 radical (unpaired) electrons. The van der Waals surface area contributed by atoms with E-state index >= 15 is 0 Å². The van der Waals surface area contributed by atoms with Gasteiger partial charge >= 0.3 is 0 Å². The maximum absolute atomic E-state index is 5.03. The first-order valence-electron chi connectivity index (χ1n) is 8.77. The maximum atomic E-state index is 5.03. The van der Waals surface area contributed by atoms with E-state index in [-0.39, 0.29) is 0 Å². The molecule has 0 aromatic carbocycles. The molecule has 0 saturated heterocycles. The number of hydrogen-bond donors (Lipinski definition) is 1. The average Bonchev–Trinajstić information content (AvgIpc) is 2.49. The van der Waals surface area contributed by atoms with Crippen LogP contribution in [0.2, 0.25) is 0 Å². The Labute approximate surface area is 127 Å². The predicted molar refractivity (Wildman–Crippen MR) is 88.8 cm³/mol. The van der Waals surface area contributed by atoms with Crippen molar-refractivity contribution in [2.24, 2.45) is 5.73 Å². The monoisotopic (exact) mass is 289 g/mol. The molecule has 0 aromatic rings. The molecule has 124 valence electrons. The van der Waals surface area contributed by atoms with Gasteiger partial charge in [0.1, 0.15) is 0 Å². The van der Waals surface area contributed by atoms with Crippen LogP contribution in [0.5, 0.6) is 0 Å². The van der Waals surface area contributed by atoms with Crippen LogP contribution in [-0.4, -0.2) is 19.8 Å². The summed E-state index contributed by atoms with van der Waals surface area (Å²) in [5, 5.41) is 0. The van der Waals surface area contributed by atoms with Crippen LogP contribution in [-0.2, 0) is 9.78 Å². The summed E-state index contributed by atoms with van der Waals surface area (Å²) in [6.45, 7) is 8.49. The van der Waals surface area contributed by atoms with Crippen molar-refractivity contribution in [1.82, 2.24) is 0 Å². The van der Waals surface area contributed by atoms with E-state index in [0.717, 1.165) is 26.0 Å². The van der Waals surface area contributed by atoms with E-state index in [4.69, 9.17) is 15.5 Å². The molecule has 0 aliphatic carbocycles. The Morgan fingerprint density at radius 1 is 0.600 bits per heavy atom. The molecular weight excluding hydrogens is 250 g/mol. The Bertz CT molecular complexity index is 127. The first-order valence-corrected chi connectivity index (χ1v) is 8.77. The largest absolute Gasteiger partial charge is 0.330 e. The van der Waals surface area contributed by atoms with Crippen molar-refractivity contribution in [2.45, 2.75) is 91.4 Å². The molecule has 3 nitrogen and oxygen atoms in total. The van der Waals surface area contributed by atoms with Gasteiger partial charge in [-0.3, -0.25) is 0 Å². The fraction of sp³-hybridized carbons (Fsp3) is 1.00. The van der Waals surface area contributed by atoms with Crippen molar-refractivity contribution in [1.29, 1.82) is 0 Å². The standard InChI is InChI=1S/C14H30O2.C3H9N/c1-3-5-6-7-8-9-10-11-12-13-14-16-15-4-2;1-2-3-4/h3-14H2,1-2H3;2-4H2,1H3. The topological polar surface area (TPSA) is 44.5 Å². The van der Waals surface area contributed by atoms with E-state index in [1.165, 1.54) is 57.8 Å². The highest BCUT2D eigenvalue weighted by Gasteiger charge is 1.93. The van der Waals surface area contributed by atoms with Gasteiger partial charge in [0.25, 0.3) is 0 Å². The second-order valence-corrected chi connectivity index (χ2v) is 5.20. The molecule has 0 unspecified atom stereocenters. The lowest BCUT2D eigenvalue weighted by Gasteiger charge is -2.02. The molecule has 2 N–H and O–H groups in total. The smallest absolute Gasteiger partial charge is 0.0822 e. The van der Waals surface area contributed by atoms with Gasteiger partial charge in [0.2, 0.25) is 0 Å². The van der Waals surface area contributed by atoms with Gasteiger partial charge in [-0.25, -0.2) is 9.78 Å². The summed E-state index contributed by atoms with van der Waals surface area (Å²) in [6, 6.07) is 0. The second kappa shape index (κ2) is 23.9. The molecule has 0 bridgehead atoms. The molecule has 0 rings (SSSR count). The Morgan fingerprint density at radius 3 is 1.45 bits per heavy atom. The molecule has 3 heteroatoms. The van der Waals surface area contributed by atoms with Gasteiger partial charge in [0.05, 0.1) is 13.2 Å². The van der Waals surface area contributed by atoms with Crippen LogP contribution in [0.25, 0.3) is 0 Å². The van der Waals surface area contributed by atoms with E-state index in [0.29, 0.717) is 6.61 Å². The first kappa shape index (κ1) is 22.2. The second-order valence-electron chi connectivity index (χ2n) is 5.20. The highest BCUT2D eigenvalue weighted by molar-refractivity contribution is 4.46. The van der Waals surface area contributed by atoms with Crippen molar-refractivity contribution in [3.8, 4) is 0 Å². The van der Waals surface area contributed by atoms with E-state index in [2.05, 4.69) is 13.8 Å². The molecule has 0 amide bonds. The zero-order chi connectivity index (χ0) is 15.3. The first-order chi connectivity index (χ1) is 9.83. The minimum Gasteiger partial charge on any atom is -0.330 e. The SMILES string of the molecule is CCCCCCCCCCCCOOCC.CCCN. The van der Waals surface area contributed by atoms with Gasteiger partial charge in [-0.1, -0.05) is 71.6 Å². The van der Waals surface area contributed by atoms with Crippen LogP contribution < -0.4 is 5.73 Å². The van der Waals surface area contributed by atoms with Crippen LogP contribution in [0.1, 0.15) is 91.4 Å². The van der Waals surface area contributed by atoms with Gasteiger partial charge in [-0.15, -0.1) is 0 Å².